The molecule has 0 saturated carbocycles. The van der Waals surface area contributed by atoms with E-state index in [0.29, 0.717) is 0 Å². The van der Waals surface area contributed by atoms with Crippen molar-refractivity contribution in [2.45, 2.75) is 13.3 Å². The first-order valence-electron chi connectivity index (χ1n) is 4.05. The summed E-state index contributed by atoms with van der Waals surface area (Å²) < 4.78 is 0. The highest BCUT2D eigenvalue weighted by Gasteiger charge is 2.09. The fourth-order valence-corrected chi connectivity index (χ4v) is 1.54. The Hall–Kier alpha value is 0.310. The zero-order valence-electron chi connectivity index (χ0n) is 6.97. The lowest BCUT2D eigenvalue weighted by Gasteiger charge is -2.24. The molecular formula is C8H17NS. The second-order valence-corrected chi connectivity index (χ2v) is 4.37. The fraction of sp³-hybridized carbons (Fsp3) is 1.00. The van der Waals surface area contributed by atoms with Crippen molar-refractivity contribution in [3.8, 4) is 0 Å². The van der Waals surface area contributed by atoms with E-state index in [1.807, 2.05) is 11.8 Å². The normalized spacial score (nSPS) is 25.8. The molecule has 0 aromatic heterocycles. The van der Waals surface area contributed by atoms with E-state index in [2.05, 4.69) is 18.9 Å². The standard InChI is InChI=1S/C4H9N.C4H8S/c1-5-3-2-4-5;1-4-2-5-3-4/h2-4H2,1H3;4H,2-3H2,1H3. The average Bonchev–Trinajstić information content (AvgIpc) is 1.80. The van der Waals surface area contributed by atoms with Gasteiger partial charge in [-0.3, -0.25) is 0 Å². The van der Waals surface area contributed by atoms with Gasteiger partial charge in [-0.1, -0.05) is 6.92 Å². The van der Waals surface area contributed by atoms with Gasteiger partial charge in [-0.2, -0.15) is 11.8 Å². The quantitative estimate of drug-likeness (QED) is 0.529. The summed E-state index contributed by atoms with van der Waals surface area (Å²) in [4.78, 5) is 2.31. The Balaban J connectivity index is 0.0000001000. The van der Waals surface area contributed by atoms with E-state index >= 15 is 0 Å². The molecule has 60 valence electrons. The van der Waals surface area contributed by atoms with Gasteiger partial charge in [0.25, 0.3) is 0 Å². The third-order valence-corrected chi connectivity index (χ3v) is 3.49. The van der Waals surface area contributed by atoms with Crippen LogP contribution in [-0.4, -0.2) is 36.5 Å². The van der Waals surface area contributed by atoms with Crippen LogP contribution in [0.3, 0.4) is 0 Å². The summed E-state index contributed by atoms with van der Waals surface area (Å²) in [6, 6.07) is 0. The van der Waals surface area contributed by atoms with Gasteiger partial charge < -0.3 is 4.90 Å². The smallest absolute Gasteiger partial charge is 0.000959 e. The molecule has 1 nitrogen and oxygen atoms in total. The molecule has 2 aliphatic heterocycles. The second-order valence-electron chi connectivity index (χ2n) is 3.30. The summed E-state index contributed by atoms with van der Waals surface area (Å²) in [5.74, 6) is 3.83. The minimum Gasteiger partial charge on any atom is -0.306 e. The molecule has 0 aromatic carbocycles. The monoisotopic (exact) mass is 159 g/mol. The molecule has 2 heterocycles. The van der Waals surface area contributed by atoms with Gasteiger partial charge in [-0.25, -0.2) is 0 Å². The Morgan fingerprint density at radius 3 is 1.70 bits per heavy atom. The van der Waals surface area contributed by atoms with Gasteiger partial charge in [0.15, 0.2) is 0 Å². The lowest BCUT2D eigenvalue weighted by atomic mass is 10.2. The van der Waals surface area contributed by atoms with Crippen molar-refractivity contribution in [3.63, 3.8) is 0 Å². The van der Waals surface area contributed by atoms with E-state index in [1.165, 1.54) is 31.0 Å². The van der Waals surface area contributed by atoms with Crippen LogP contribution >= 0.6 is 11.8 Å². The first kappa shape index (κ1) is 8.41. The minimum absolute atomic E-state index is 1.03. The van der Waals surface area contributed by atoms with Gasteiger partial charge in [0.1, 0.15) is 0 Å². The van der Waals surface area contributed by atoms with Gasteiger partial charge in [0.05, 0.1) is 0 Å². The number of likely N-dealkylation sites (tertiary alicyclic amines) is 1. The van der Waals surface area contributed by atoms with Crippen LogP contribution in [0.1, 0.15) is 13.3 Å². The van der Waals surface area contributed by atoms with E-state index in [1.54, 1.807) is 0 Å². The highest BCUT2D eigenvalue weighted by Crippen LogP contribution is 2.22. The van der Waals surface area contributed by atoms with Crippen LogP contribution in [0.2, 0.25) is 0 Å². The fourth-order valence-electron chi connectivity index (χ4n) is 0.828. The summed E-state index contributed by atoms with van der Waals surface area (Å²) in [5, 5.41) is 0. The lowest BCUT2D eigenvalue weighted by molar-refractivity contribution is 0.229. The van der Waals surface area contributed by atoms with Crippen LogP contribution in [0.4, 0.5) is 0 Å². The molecule has 0 spiro atoms. The Morgan fingerprint density at radius 1 is 1.30 bits per heavy atom. The van der Waals surface area contributed by atoms with E-state index in [-0.39, 0.29) is 0 Å². The van der Waals surface area contributed by atoms with E-state index in [0.717, 1.165) is 5.92 Å². The number of nitrogens with zero attached hydrogens (tertiary/aromatic N) is 1. The molecule has 2 aliphatic rings. The molecule has 0 bridgehead atoms. The van der Waals surface area contributed by atoms with Gasteiger partial charge in [0.2, 0.25) is 0 Å². The first-order chi connectivity index (χ1) is 4.79. The van der Waals surface area contributed by atoms with Crippen LogP contribution in [0.15, 0.2) is 0 Å². The summed E-state index contributed by atoms with van der Waals surface area (Å²) >= 11 is 2.05. The summed E-state index contributed by atoms with van der Waals surface area (Å²) in [7, 11) is 2.14. The Labute approximate surface area is 68.2 Å². The Kier molecular flexibility index (Phi) is 3.57. The minimum atomic E-state index is 1.03. The maximum Gasteiger partial charge on any atom is -0.000959 e. The van der Waals surface area contributed by atoms with E-state index in [4.69, 9.17) is 0 Å². The molecule has 0 amide bonds. The maximum absolute atomic E-state index is 2.31. The molecule has 2 saturated heterocycles. The molecule has 2 fully saturated rings. The summed E-state index contributed by atoms with van der Waals surface area (Å²) in [5.41, 5.74) is 0. The van der Waals surface area contributed by atoms with Gasteiger partial charge >= 0.3 is 0 Å². The predicted octanol–water partition coefficient (Wildman–Crippen LogP) is 1.69. The van der Waals surface area contributed by atoms with Crippen LogP contribution < -0.4 is 0 Å². The van der Waals surface area contributed by atoms with Gasteiger partial charge in [-0.05, 0) is 44.0 Å². The molecule has 0 atom stereocenters. The molecule has 0 unspecified atom stereocenters. The van der Waals surface area contributed by atoms with Crippen LogP contribution in [-0.2, 0) is 0 Å². The Morgan fingerprint density at radius 2 is 1.70 bits per heavy atom. The van der Waals surface area contributed by atoms with E-state index < -0.39 is 0 Å². The largest absolute Gasteiger partial charge is 0.306 e. The molecule has 0 radical (unpaired) electrons. The van der Waals surface area contributed by atoms with Crippen molar-refractivity contribution in [1.29, 1.82) is 0 Å². The van der Waals surface area contributed by atoms with Gasteiger partial charge in [-0.15, -0.1) is 0 Å². The lowest BCUT2D eigenvalue weighted by Crippen LogP contribution is -2.32. The van der Waals surface area contributed by atoms with Crippen LogP contribution in [0, 0.1) is 5.92 Å². The number of hydrogen-bond donors (Lipinski definition) is 0. The highest BCUT2D eigenvalue weighted by atomic mass is 32.2. The third-order valence-electron chi connectivity index (χ3n) is 1.88. The predicted molar refractivity (Wildman–Crippen MR) is 48.6 cm³/mol. The van der Waals surface area contributed by atoms with Gasteiger partial charge in [0, 0.05) is 0 Å². The average molecular weight is 159 g/mol. The molecule has 10 heavy (non-hydrogen) atoms. The number of rotatable bonds is 0. The molecule has 0 aromatic rings. The van der Waals surface area contributed by atoms with Crippen molar-refractivity contribution in [2.24, 2.45) is 5.92 Å². The number of hydrogen-bond acceptors (Lipinski definition) is 2. The Bertz CT molecular complexity index is 75.3. The summed E-state index contributed by atoms with van der Waals surface area (Å²) in [6.07, 6.45) is 1.41. The van der Waals surface area contributed by atoms with Crippen molar-refractivity contribution >= 4 is 11.8 Å². The zero-order chi connectivity index (χ0) is 7.40. The van der Waals surface area contributed by atoms with Crippen molar-refractivity contribution in [3.05, 3.63) is 0 Å². The molecule has 0 aliphatic carbocycles. The highest BCUT2D eigenvalue weighted by molar-refractivity contribution is 8.00. The molecular weight excluding hydrogens is 142 g/mol. The molecule has 2 heteroatoms. The SMILES string of the molecule is CC1CSC1.CN1CCC1. The van der Waals surface area contributed by atoms with Crippen molar-refractivity contribution in [1.82, 2.24) is 4.90 Å². The number of thioether (sulfide) groups is 1. The first-order valence-corrected chi connectivity index (χ1v) is 5.21. The van der Waals surface area contributed by atoms with Crippen molar-refractivity contribution < 1.29 is 0 Å². The second kappa shape index (κ2) is 4.24. The van der Waals surface area contributed by atoms with E-state index in [9.17, 15) is 0 Å². The molecule has 0 N–H and O–H groups in total. The third kappa shape index (κ3) is 2.93. The van der Waals surface area contributed by atoms with Crippen LogP contribution in [0.25, 0.3) is 0 Å². The maximum atomic E-state index is 2.31. The van der Waals surface area contributed by atoms with Crippen molar-refractivity contribution in [2.75, 3.05) is 31.6 Å². The summed E-state index contributed by atoms with van der Waals surface area (Å²) in [6.45, 7) is 4.93. The van der Waals surface area contributed by atoms with Crippen LogP contribution in [0.5, 0.6) is 0 Å². The molecule has 2 rings (SSSR count). The zero-order valence-corrected chi connectivity index (χ0v) is 7.78. The topological polar surface area (TPSA) is 3.24 Å².